The fourth-order valence-electron chi connectivity index (χ4n) is 2.32. The van der Waals surface area contributed by atoms with Gasteiger partial charge in [-0.25, -0.2) is 15.0 Å². The van der Waals surface area contributed by atoms with Gasteiger partial charge in [0, 0.05) is 0 Å². The van der Waals surface area contributed by atoms with Crippen LogP contribution in [0, 0.1) is 0 Å². The van der Waals surface area contributed by atoms with Gasteiger partial charge in [0.25, 0.3) is 0 Å². The molecule has 1 aliphatic heterocycles. The van der Waals surface area contributed by atoms with Gasteiger partial charge in [0.1, 0.15) is 30.2 Å². The molecular weight excluding hydrogens is 266 g/mol. The quantitative estimate of drug-likeness (QED) is 0.490. The van der Waals surface area contributed by atoms with Crippen molar-refractivity contribution in [2.45, 2.75) is 37.6 Å². The van der Waals surface area contributed by atoms with E-state index in [9.17, 15) is 15.3 Å². The standard InChI is InChI=1S/C11H15N5O4/c1-4-6(17)7(18)8(19)11(20-4)16-3-15-5-9(12)13-2-14-10(5)16/h2-4,6-8,11,17-19H,1H3,(H2,12,13,14). The molecular formula is C11H15N5O4. The van der Waals surface area contributed by atoms with Crippen molar-refractivity contribution in [2.75, 3.05) is 5.73 Å². The van der Waals surface area contributed by atoms with E-state index in [1.807, 2.05) is 0 Å². The summed E-state index contributed by atoms with van der Waals surface area (Å²) < 4.78 is 7.00. The first-order valence-corrected chi connectivity index (χ1v) is 6.13. The Bertz CT molecular complexity index is 632. The number of nitrogens with two attached hydrogens (primary N) is 1. The summed E-state index contributed by atoms with van der Waals surface area (Å²) in [5, 5.41) is 29.6. The van der Waals surface area contributed by atoms with E-state index in [0.29, 0.717) is 11.2 Å². The van der Waals surface area contributed by atoms with Gasteiger partial charge in [0.05, 0.1) is 12.4 Å². The third kappa shape index (κ3) is 1.83. The number of anilines is 1. The highest BCUT2D eigenvalue weighted by Crippen LogP contribution is 2.30. The number of hydrogen-bond donors (Lipinski definition) is 4. The molecule has 2 aromatic rings. The highest BCUT2D eigenvalue weighted by molar-refractivity contribution is 5.81. The fraction of sp³-hybridized carbons (Fsp3) is 0.545. The van der Waals surface area contributed by atoms with Gasteiger partial charge in [0.2, 0.25) is 0 Å². The number of aliphatic hydroxyl groups excluding tert-OH is 3. The second-order valence-corrected chi connectivity index (χ2v) is 4.79. The van der Waals surface area contributed by atoms with Crippen LogP contribution in [0.25, 0.3) is 11.2 Å². The van der Waals surface area contributed by atoms with Crippen molar-refractivity contribution >= 4 is 17.0 Å². The number of fused-ring (bicyclic) bond motifs is 1. The normalized spacial score (nSPS) is 34.5. The van der Waals surface area contributed by atoms with Crippen LogP contribution in [0.1, 0.15) is 13.2 Å². The van der Waals surface area contributed by atoms with Crippen LogP contribution in [-0.4, -0.2) is 59.3 Å². The Hall–Kier alpha value is -1.81. The first-order chi connectivity index (χ1) is 9.50. The number of aromatic nitrogens is 4. The molecule has 9 nitrogen and oxygen atoms in total. The predicted octanol–water partition coefficient (Wildman–Crippen LogP) is -1.59. The molecule has 9 heteroatoms. The summed E-state index contributed by atoms with van der Waals surface area (Å²) in [6, 6.07) is 0. The molecule has 1 fully saturated rings. The second kappa shape index (κ2) is 4.63. The summed E-state index contributed by atoms with van der Waals surface area (Å²) in [6.07, 6.45) is -2.66. The minimum absolute atomic E-state index is 0.215. The van der Waals surface area contributed by atoms with Crippen LogP contribution in [0.5, 0.6) is 0 Å². The highest BCUT2D eigenvalue weighted by Gasteiger charge is 2.43. The third-order valence-electron chi connectivity index (χ3n) is 3.49. The molecule has 0 aromatic carbocycles. The summed E-state index contributed by atoms with van der Waals surface area (Å²) in [4.78, 5) is 12.0. The molecule has 5 unspecified atom stereocenters. The van der Waals surface area contributed by atoms with Gasteiger partial charge in [0.15, 0.2) is 17.7 Å². The van der Waals surface area contributed by atoms with Crippen LogP contribution in [-0.2, 0) is 4.74 Å². The van der Waals surface area contributed by atoms with Crippen molar-refractivity contribution in [3.8, 4) is 0 Å². The molecule has 0 bridgehead atoms. The molecule has 0 radical (unpaired) electrons. The van der Waals surface area contributed by atoms with E-state index >= 15 is 0 Å². The number of ether oxygens (including phenoxy) is 1. The largest absolute Gasteiger partial charge is 0.388 e. The maximum Gasteiger partial charge on any atom is 0.167 e. The summed E-state index contributed by atoms with van der Waals surface area (Å²) in [5.74, 6) is 0.215. The van der Waals surface area contributed by atoms with E-state index in [-0.39, 0.29) is 5.82 Å². The molecule has 0 aliphatic carbocycles. The number of nitrogens with zero attached hydrogens (tertiary/aromatic N) is 4. The van der Waals surface area contributed by atoms with Crippen molar-refractivity contribution in [1.29, 1.82) is 0 Å². The lowest BCUT2D eigenvalue weighted by atomic mass is 9.99. The molecule has 5 atom stereocenters. The lowest BCUT2D eigenvalue weighted by Crippen LogP contribution is -2.54. The van der Waals surface area contributed by atoms with Crippen molar-refractivity contribution in [1.82, 2.24) is 19.5 Å². The van der Waals surface area contributed by atoms with Gasteiger partial charge in [-0.2, -0.15) is 0 Å². The SMILES string of the molecule is CC1OC(n2cnc3c(N)ncnc32)C(O)C(O)C1O. The third-order valence-corrected chi connectivity index (χ3v) is 3.49. The van der Waals surface area contributed by atoms with Crippen LogP contribution in [0.15, 0.2) is 12.7 Å². The Labute approximate surface area is 113 Å². The van der Waals surface area contributed by atoms with Crippen LogP contribution >= 0.6 is 0 Å². The van der Waals surface area contributed by atoms with Crippen molar-refractivity contribution < 1.29 is 20.1 Å². The van der Waals surface area contributed by atoms with Gasteiger partial charge < -0.3 is 25.8 Å². The maximum absolute atomic E-state index is 10.1. The van der Waals surface area contributed by atoms with Crippen LogP contribution in [0.4, 0.5) is 5.82 Å². The number of rotatable bonds is 1. The number of hydrogen-bond acceptors (Lipinski definition) is 8. The van der Waals surface area contributed by atoms with Crippen LogP contribution in [0.3, 0.4) is 0 Å². The van der Waals surface area contributed by atoms with E-state index in [1.165, 1.54) is 17.2 Å². The zero-order chi connectivity index (χ0) is 14.4. The van der Waals surface area contributed by atoms with Gasteiger partial charge >= 0.3 is 0 Å². The smallest absolute Gasteiger partial charge is 0.167 e. The number of aliphatic hydroxyl groups is 3. The average molecular weight is 281 g/mol. The summed E-state index contributed by atoms with van der Waals surface area (Å²) in [6.45, 7) is 1.61. The molecule has 5 N–H and O–H groups in total. The maximum atomic E-state index is 10.1. The molecule has 0 amide bonds. The van der Waals surface area contributed by atoms with E-state index in [1.54, 1.807) is 6.92 Å². The van der Waals surface area contributed by atoms with E-state index < -0.39 is 30.6 Å². The Morgan fingerprint density at radius 2 is 1.90 bits per heavy atom. The second-order valence-electron chi connectivity index (χ2n) is 4.79. The lowest BCUT2D eigenvalue weighted by Gasteiger charge is -2.39. The summed E-state index contributed by atoms with van der Waals surface area (Å²) in [5.41, 5.74) is 6.46. The molecule has 20 heavy (non-hydrogen) atoms. The predicted molar refractivity (Wildman–Crippen MR) is 67.3 cm³/mol. The van der Waals surface area contributed by atoms with Gasteiger partial charge in [-0.1, -0.05) is 0 Å². The van der Waals surface area contributed by atoms with Crippen molar-refractivity contribution in [3.63, 3.8) is 0 Å². The topological polar surface area (TPSA) is 140 Å². The minimum Gasteiger partial charge on any atom is -0.388 e. The molecule has 3 rings (SSSR count). The zero-order valence-corrected chi connectivity index (χ0v) is 10.7. The van der Waals surface area contributed by atoms with E-state index in [2.05, 4.69) is 15.0 Å². The molecule has 1 saturated heterocycles. The fourth-order valence-corrected chi connectivity index (χ4v) is 2.32. The number of nitrogen functional groups attached to an aromatic ring is 1. The Kier molecular flexibility index (Phi) is 3.05. The van der Waals surface area contributed by atoms with E-state index in [0.717, 1.165) is 0 Å². The first kappa shape index (κ1) is 13.2. The number of imidazole rings is 1. The van der Waals surface area contributed by atoms with E-state index in [4.69, 9.17) is 10.5 Å². The van der Waals surface area contributed by atoms with Crippen LogP contribution < -0.4 is 5.73 Å². The van der Waals surface area contributed by atoms with Crippen LogP contribution in [0.2, 0.25) is 0 Å². The monoisotopic (exact) mass is 281 g/mol. The molecule has 3 heterocycles. The Morgan fingerprint density at radius 1 is 1.15 bits per heavy atom. The zero-order valence-electron chi connectivity index (χ0n) is 10.7. The molecule has 0 saturated carbocycles. The molecule has 1 aliphatic rings. The molecule has 0 spiro atoms. The Morgan fingerprint density at radius 3 is 2.65 bits per heavy atom. The molecule has 108 valence electrons. The van der Waals surface area contributed by atoms with Gasteiger partial charge in [-0.05, 0) is 6.92 Å². The lowest BCUT2D eigenvalue weighted by molar-refractivity contribution is -0.239. The van der Waals surface area contributed by atoms with Crippen molar-refractivity contribution in [2.24, 2.45) is 0 Å². The van der Waals surface area contributed by atoms with Crippen molar-refractivity contribution in [3.05, 3.63) is 12.7 Å². The Balaban J connectivity index is 2.04. The minimum atomic E-state index is -1.32. The summed E-state index contributed by atoms with van der Waals surface area (Å²) in [7, 11) is 0. The average Bonchev–Trinajstić information content (AvgIpc) is 2.86. The molecule has 2 aromatic heterocycles. The summed E-state index contributed by atoms with van der Waals surface area (Å²) >= 11 is 0. The highest BCUT2D eigenvalue weighted by atomic mass is 16.5. The first-order valence-electron chi connectivity index (χ1n) is 6.13. The van der Waals surface area contributed by atoms with Gasteiger partial charge in [-0.15, -0.1) is 0 Å². The van der Waals surface area contributed by atoms with Gasteiger partial charge in [-0.3, -0.25) is 4.57 Å².